The van der Waals surface area contributed by atoms with Gasteiger partial charge in [0.15, 0.2) is 0 Å². The van der Waals surface area contributed by atoms with Crippen LogP contribution in [0.3, 0.4) is 0 Å². The number of amides is 4. The largest absolute Gasteiger partial charge is 0.488 e. The van der Waals surface area contributed by atoms with Crippen molar-refractivity contribution < 1.29 is 23.5 Å². The first-order chi connectivity index (χ1) is 15.0. The van der Waals surface area contributed by atoms with Crippen LogP contribution in [0.5, 0.6) is 5.75 Å². The molecule has 1 aliphatic heterocycles. The summed E-state index contributed by atoms with van der Waals surface area (Å²) in [5, 5.41) is 2.20. The van der Waals surface area contributed by atoms with E-state index >= 15 is 0 Å². The molecule has 2 aromatic carbocycles. The number of rotatable bonds is 6. The number of halogens is 1. The van der Waals surface area contributed by atoms with Gasteiger partial charge in [0.25, 0.3) is 11.8 Å². The Morgan fingerprint density at radius 3 is 2.58 bits per heavy atom. The van der Waals surface area contributed by atoms with Crippen LogP contribution in [0.25, 0.3) is 6.08 Å². The molecule has 0 radical (unpaired) electrons. The molecular formula is C23H17BrN2O5. The van der Waals surface area contributed by atoms with Crippen LogP contribution >= 0.6 is 15.9 Å². The van der Waals surface area contributed by atoms with Gasteiger partial charge in [0.2, 0.25) is 0 Å². The van der Waals surface area contributed by atoms with Gasteiger partial charge in [-0.2, -0.15) is 0 Å². The van der Waals surface area contributed by atoms with Crippen LogP contribution in [-0.2, 0) is 22.7 Å². The standard InChI is InChI=1S/C23H17BrN2O5/c24-17-8-9-20(31-14-15-5-2-1-3-6-15)16(11-17)12-19-21(27)25-23(29)26(22(19)28)13-18-7-4-10-30-18/h1-12H,13-14H2,(H,25,27,29)/b19-12+. The molecule has 31 heavy (non-hydrogen) atoms. The highest BCUT2D eigenvalue weighted by molar-refractivity contribution is 9.10. The summed E-state index contributed by atoms with van der Waals surface area (Å²) in [4.78, 5) is 38.5. The molecule has 0 aliphatic carbocycles. The van der Waals surface area contributed by atoms with E-state index < -0.39 is 17.8 Å². The van der Waals surface area contributed by atoms with Crippen LogP contribution < -0.4 is 10.1 Å². The van der Waals surface area contributed by atoms with E-state index in [1.807, 2.05) is 30.3 Å². The minimum atomic E-state index is -0.793. The molecule has 1 aromatic heterocycles. The number of ether oxygens (including phenoxy) is 1. The van der Waals surface area contributed by atoms with Crippen molar-refractivity contribution in [3.8, 4) is 5.75 Å². The molecular weight excluding hydrogens is 464 g/mol. The summed E-state index contributed by atoms with van der Waals surface area (Å²) in [7, 11) is 0. The average molecular weight is 481 g/mol. The van der Waals surface area contributed by atoms with E-state index in [2.05, 4.69) is 21.2 Å². The molecule has 0 bridgehead atoms. The molecule has 0 unspecified atom stereocenters. The number of urea groups is 1. The highest BCUT2D eigenvalue weighted by atomic mass is 79.9. The number of benzene rings is 2. The Kier molecular flexibility index (Phi) is 5.99. The highest BCUT2D eigenvalue weighted by Gasteiger charge is 2.36. The van der Waals surface area contributed by atoms with Crippen molar-refractivity contribution in [2.45, 2.75) is 13.2 Å². The Balaban J connectivity index is 1.62. The molecule has 0 atom stereocenters. The number of nitrogens with one attached hydrogen (secondary N) is 1. The summed E-state index contributed by atoms with van der Waals surface area (Å²) in [5.41, 5.74) is 1.33. The smallest absolute Gasteiger partial charge is 0.331 e. The van der Waals surface area contributed by atoms with Crippen LogP contribution in [0.15, 0.2) is 81.4 Å². The molecule has 1 aliphatic rings. The van der Waals surface area contributed by atoms with Gasteiger partial charge in [-0.05, 0) is 42.0 Å². The number of nitrogens with zero attached hydrogens (tertiary/aromatic N) is 1. The van der Waals surface area contributed by atoms with Gasteiger partial charge in [0, 0.05) is 10.0 Å². The number of furan rings is 1. The molecule has 156 valence electrons. The third kappa shape index (κ3) is 4.75. The second-order valence-electron chi connectivity index (χ2n) is 6.74. The Labute approximate surface area is 186 Å². The fourth-order valence-corrected chi connectivity index (χ4v) is 3.43. The number of carbonyl (C=O) groups excluding carboxylic acids is 3. The summed E-state index contributed by atoms with van der Waals surface area (Å²) in [6.45, 7) is 0.236. The van der Waals surface area contributed by atoms with E-state index in [-0.39, 0.29) is 12.1 Å². The topological polar surface area (TPSA) is 88.9 Å². The van der Waals surface area contributed by atoms with Gasteiger partial charge in [0.05, 0.1) is 12.8 Å². The molecule has 1 fully saturated rings. The van der Waals surface area contributed by atoms with E-state index in [4.69, 9.17) is 9.15 Å². The molecule has 3 aromatic rings. The van der Waals surface area contributed by atoms with Gasteiger partial charge in [0.1, 0.15) is 23.7 Å². The molecule has 7 nitrogen and oxygen atoms in total. The molecule has 4 amide bonds. The average Bonchev–Trinajstić information content (AvgIpc) is 3.27. The van der Waals surface area contributed by atoms with E-state index in [1.54, 1.807) is 30.3 Å². The zero-order valence-electron chi connectivity index (χ0n) is 16.2. The van der Waals surface area contributed by atoms with Crippen LogP contribution in [0.4, 0.5) is 4.79 Å². The minimum Gasteiger partial charge on any atom is -0.488 e. The van der Waals surface area contributed by atoms with Crippen LogP contribution in [0.2, 0.25) is 0 Å². The molecule has 0 spiro atoms. The first-order valence-corrected chi connectivity index (χ1v) is 10.2. The third-order valence-corrected chi connectivity index (χ3v) is 5.08. The lowest BCUT2D eigenvalue weighted by molar-refractivity contribution is -0.130. The lowest BCUT2D eigenvalue weighted by atomic mass is 10.1. The van der Waals surface area contributed by atoms with Gasteiger partial charge in [-0.1, -0.05) is 46.3 Å². The predicted octanol–water partition coefficient (Wildman–Crippen LogP) is 4.28. The lowest BCUT2D eigenvalue weighted by Gasteiger charge is -2.25. The highest BCUT2D eigenvalue weighted by Crippen LogP contribution is 2.28. The quantitative estimate of drug-likeness (QED) is 0.420. The maximum absolute atomic E-state index is 12.9. The predicted molar refractivity (Wildman–Crippen MR) is 116 cm³/mol. The number of carbonyl (C=O) groups is 3. The van der Waals surface area contributed by atoms with Crippen molar-refractivity contribution in [2.75, 3.05) is 0 Å². The Morgan fingerprint density at radius 2 is 1.84 bits per heavy atom. The summed E-state index contributed by atoms with van der Waals surface area (Å²) in [6, 6.07) is 17.4. The zero-order chi connectivity index (χ0) is 21.8. The summed E-state index contributed by atoms with van der Waals surface area (Å²) in [6.07, 6.45) is 2.87. The molecule has 4 rings (SSSR count). The molecule has 1 saturated heterocycles. The van der Waals surface area contributed by atoms with Crippen molar-refractivity contribution in [1.82, 2.24) is 10.2 Å². The molecule has 2 heterocycles. The van der Waals surface area contributed by atoms with Crippen molar-refractivity contribution in [3.63, 3.8) is 0 Å². The summed E-state index contributed by atoms with van der Waals surface area (Å²) >= 11 is 3.40. The van der Waals surface area contributed by atoms with Crippen LogP contribution in [-0.4, -0.2) is 22.7 Å². The first-order valence-electron chi connectivity index (χ1n) is 9.39. The van der Waals surface area contributed by atoms with Gasteiger partial charge in [-0.25, -0.2) is 4.79 Å². The number of hydrogen-bond acceptors (Lipinski definition) is 5. The zero-order valence-corrected chi connectivity index (χ0v) is 17.8. The summed E-state index contributed by atoms with van der Waals surface area (Å²) < 4.78 is 11.9. The second kappa shape index (κ2) is 9.01. The number of barbiturate groups is 1. The monoisotopic (exact) mass is 480 g/mol. The van der Waals surface area contributed by atoms with Gasteiger partial charge < -0.3 is 9.15 Å². The molecule has 8 heteroatoms. The van der Waals surface area contributed by atoms with E-state index in [9.17, 15) is 14.4 Å². The SMILES string of the molecule is O=C1NC(=O)N(Cc2ccco2)C(=O)/C1=C/c1cc(Br)ccc1OCc1ccccc1. The normalized spacial score (nSPS) is 15.3. The Bertz CT molecular complexity index is 1160. The lowest BCUT2D eigenvalue weighted by Crippen LogP contribution is -2.53. The number of imide groups is 2. The minimum absolute atomic E-state index is 0.0852. The van der Waals surface area contributed by atoms with Gasteiger partial charge in [-0.15, -0.1) is 0 Å². The van der Waals surface area contributed by atoms with Crippen LogP contribution in [0.1, 0.15) is 16.9 Å². The van der Waals surface area contributed by atoms with E-state index in [0.29, 0.717) is 23.7 Å². The second-order valence-corrected chi connectivity index (χ2v) is 7.66. The third-order valence-electron chi connectivity index (χ3n) is 4.59. The maximum Gasteiger partial charge on any atom is 0.331 e. The fourth-order valence-electron chi connectivity index (χ4n) is 3.05. The number of hydrogen-bond donors (Lipinski definition) is 1. The summed E-state index contributed by atoms with van der Waals surface area (Å²) in [5.74, 6) is -0.556. The van der Waals surface area contributed by atoms with E-state index in [0.717, 1.165) is 14.9 Å². The van der Waals surface area contributed by atoms with Crippen molar-refractivity contribution in [1.29, 1.82) is 0 Å². The van der Waals surface area contributed by atoms with Crippen molar-refractivity contribution >= 4 is 39.9 Å². The van der Waals surface area contributed by atoms with Crippen molar-refractivity contribution in [2.24, 2.45) is 0 Å². The van der Waals surface area contributed by atoms with Crippen LogP contribution in [0, 0.1) is 0 Å². The maximum atomic E-state index is 12.9. The van der Waals surface area contributed by atoms with Crippen molar-refractivity contribution in [3.05, 3.63) is 93.9 Å². The van der Waals surface area contributed by atoms with Gasteiger partial charge in [-0.3, -0.25) is 19.8 Å². The molecule has 0 saturated carbocycles. The Hall–Kier alpha value is -3.65. The van der Waals surface area contributed by atoms with E-state index in [1.165, 1.54) is 12.3 Å². The molecule has 1 N–H and O–H groups in total. The Morgan fingerprint density at radius 1 is 1.03 bits per heavy atom. The first kappa shape index (κ1) is 20.6. The van der Waals surface area contributed by atoms with Gasteiger partial charge >= 0.3 is 6.03 Å². The fraction of sp³-hybridized carbons (Fsp3) is 0.0870.